The van der Waals surface area contributed by atoms with E-state index in [4.69, 9.17) is 0 Å². The van der Waals surface area contributed by atoms with Gasteiger partial charge in [0.1, 0.15) is 0 Å². The minimum atomic E-state index is -3.48. The number of carbonyl (C=O) groups is 4. The van der Waals surface area contributed by atoms with Crippen molar-refractivity contribution in [3.05, 3.63) is 0 Å². The van der Waals surface area contributed by atoms with Crippen LogP contribution in [0.2, 0.25) is 0 Å². The molecule has 0 aliphatic rings. The van der Waals surface area contributed by atoms with Gasteiger partial charge >= 0.3 is 94.6 Å². The Bertz CT molecular complexity index is 459. The quantitative estimate of drug-likeness (QED) is 0.190. The van der Waals surface area contributed by atoms with E-state index in [2.05, 4.69) is 4.74 Å². The number of aliphatic hydroxyl groups is 1. The second kappa shape index (κ2) is 17.9. The first kappa shape index (κ1) is 34.4. The first-order valence-electron chi connectivity index (χ1n) is 7.19. The SMILES string of the molecule is CCCCCCCC(=O)OC(C(=O)[O-])C(O)(CC(=O)[O-])C(=O)[O-].[Na+].[Na+].[Na+]. The van der Waals surface area contributed by atoms with Crippen LogP contribution in [0.4, 0.5) is 0 Å². The van der Waals surface area contributed by atoms with Crippen LogP contribution in [-0.4, -0.2) is 40.7 Å². The molecule has 0 aliphatic heterocycles. The topological polar surface area (TPSA) is 167 Å². The molecule has 12 heteroatoms. The fourth-order valence-corrected chi connectivity index (χ4v) is 1.90. The van der Waals surface area contributed by atoms with Crippen LogP contribution in [0.25, 0.3) is 0 Å². The number of hydrogen-bond acceptors (Lipinski definition) is 9. The molecule has 1 N–H and O–H groups in total. The van der Waals surface area contributed by atoms with E-state index in [1.54, 1.807) is 0 Å². The molecule has 0 aromatic heterocycles. The Morgan fingerprint density at radius 3 is 1.85 bits per heavy atom. The molecule has 0 rings (SSSR count). The first-order chi connectivity index (χ1) is 10.6. The third-order valence-electron chi connectivity index (χ3n) is 3.15. The van der Waals surface area contributed by atoms with Crippen LogP contribution < -0.4 is 104 Å². The summed E-state index contributed by atoms with van der Waals surface area (Å²) in [6.45, 7) is 2.00. The Labute approximate surface area is 218 Å². The van der Waals surface area contributed by atoms with Gasteiger partial charge in [0, 0.05) is 18.8 Å². The van der Waals surface area contributed by atoms with Gasteiger partial charge in [-0.3, -0.25) is 4.79 Å². The molecule has 0 aliphatic carbocycles. The standard InChI is InChI=1S/C14H22O9.3Na/c1-2-3-4-5-6-7-10(17)23-11(12(18)19)14(22,13(20)21)8-9(15)16;;;/h11,22H,2-8H2,1H3,(H,15,16)(H,18,19)(H,20,21);;;/q;3*+1/p-3. The van der Waals surface area contributed by atoms with Crippen molar-refractivity contribution in [3.63, 3.8) is 0 Å². The maximum Gasteiger partial charge on any atom is 1.00 e. The van der Waals surface area contributed by atoms with E-state index in [-0.39, 0.29) is 95.1 Å². The number of carboxylic acids is 3. The molecule has 0 aromatic carbocycles. The van der Waals surface area contributed by atoms with Gasteiger partial charge in [0.05, 0.1) is 11.9 Å². The number of unbranched alkanes of at least 4 members (excludes halogenated alkanes) is 4. The minimum Gasteiger partial charge on any atom is -0.550 e. The summed E-state index contributed by atoms with van der Waals surface area (Å²) in [5.74, 6) is -7.82. The number of rotatable bonds is 12. The van der Waals surface area contributed by atoms with Crippen molar-refractivity contribution in [1.82, 2.24) is 0 Å². The Kier molecular flexibility index (Phi) is 23.7. The zero-order valence-corrected chi connectivity index (χ0v) is 21.7. The van der Waals surface area contributed by atoms with Crippen LogP contribution in [0.15, 0.2) is 0 Å². The summed E-state index contributed by atoms with van der Waals surface area (Å²) in [6.07, 6.45) is -0.674. The Morgan fingerprint density at radius 1 is 0.962 bits per heavy atom. The molecule has 0 saturated carbocycles. The van der Waals surface area contributed by atoms with E-state index in [1.807, 2.05) is 6.92 Å². The molecule has 0 spiro atoms. The van der Waals surface area contributed by atoms with Crippen LogP contribution in [0, 0.1) is 0 Å². The smallest absolute Gasteiger partial charge is 0.550 e. The summed E-state index contributed by atoms with van der Waals surface area (Å²) in [4.78, 5) is 43.8. The minimum absolute atomic E-state index is 0. The molecule has 9 nitrogen and oxygen atoms in total. The zero-order chi connectivity index (χ0) is 18.0. The van der Waals surface area contributed by atoms with Crippen LogP contribution in [-0.2, 0) is 23.9 Å². The maximum absolute atomic E-state index is 11.5. The molecule has 0 bridgehead atoms. The number of hydrogen-bond donors (Lipinski definition) is 1. The third-order valence-corrected chi connectivity index (χ3v) is 3.15. The van der Waals surface area contributed by atoms with Crippen molar-refractivity contribution in [2.75, 3.05) is 0 Å². The summed E-state index contributed by atoms with van der Waals surface area (Å²) < 4.78 is 4.38. The number of ether oxygens (including phenoxy) is 1. The molecular formula is C14H19Na3O9. The second-order valence-corrected chi connectivity index (χ2v) is 5.11. The van der Waals surface area contributed by atoms with Gasteiger partial charge in [-0.25, -0.2) is 0 Å². The average molecular weight is 400 g/mol. The number of carbonyl (C=O) groups excluding carboxylic acids is 4. The Balaban J connectivity index is -0.000000807. The van der Waals surface area contributed by atoms with Crippen molar-refractivity contribution in [3.8, 4) is 0 Å². The summed E-state index contributed by atoms with van der Waals surface area (Å²) in [7, 11) is 0. The number of aliphatic carboxylic acids is 3. The normalized spacial score (nSPS) is 12.8. The van der Waals surface area contributed by atoms with Gasteiger partial charge < -0.3 is 39.5 Å². The summed E-state index contributed by atoms with van der Waals surface area (Å²) in [5.41, 5.74) is -3.48. The summed E-state index contributed by atoms with van der Waals surface area (Å²) in [5, 5.41) is 42.0. The van der Waals surface area contributed by atoms with Gasteiger partial charge in [-0.1, -0.05) is 32.6 Å². The van der Waals surface area contributed by atoms with Crippen molar-refractivity contribution < 1.29 is 133 Å². The van der Waals surface area contributed by atoms with Crippen LogP contribution in [0.5, 0.6) is 0 Å². The van der Waals surface area contributed by atoms with Crippen LogP contribution in [0.3, 0.4) is 0 Å². The Hall–Kier alpha value is 0.840. The second-order valence-electron chi connectivity index (χ2n) is 5.11. The van der Waals surface area contributed by atoms with Gasteiger partial charge in [-0.05, 0) is 6.42 Å². The molecule has 0 aromatic rings. The average Bonchev–Trinajstić information content (AvgIpc) is 2.43. The number of carboxylic acid groups (broad SMARTS) is 3. The molecule has 2 unspecified atom stereocenters. The van der Waals surface area contributed by atoms with Crippen molar-refractivity contribution >= 4 is 23.9 Å². The molecular weight excluding hydrogens is 381 g/mol. The number of esters is 1. The predicted molar refractivity (Wildman–Crippen MR) is 67.8 cm³/mol. The third kappa shape index (κ3) is 13.1. The van der Waals surface area contributed by atoms with E-state index in [0.717, 1.165) is 19.3 Å². The fraction of sp³-hybridized carbons (Fsp3) is 0.714. The van der Waals surface area contributed by atoms with Gasteiger partial charge in [-0.15, -0.1) is 0 Å². The van der Waals surface area contributed by atoms with E-state index >= 15 is 0 Å². The molecule has 0 fully saturated rings. The van der Waals surface area contributed by atoms with Gasteiger partial charge in [0.2, 0.25) is 0 Å². The van der Waals surface area contributed by atoms with Crippen LogP contribution >= 0.6 is 0 Å². The van der Waals surface area contributed by atoms with Crippen molar-refractivity contribution in [1.29, 1.82) is 0 Å². The molecule has 2 atom stereocenters. The van der Waals surface area contributed by atoms with Crippen molar-refractivity contribution in [2.24, 2.45) is 0 Å². The molecule has 0 saturated heterocycles. The molecule has 0 amide bonds. The van der Waals surface area contributed by atoms with E-state index < -0.39 is 42.0 Å². The first-order valence-corrected chi connectivity index (χ1v) is 7.19. The Morgan fingerprint density at radius 2 is 1.46 bits per heavy atom. The summed E-state index contributed by atoms with van der Waals surface area (Å²) in [6, 6.07) is 0. The van der Waals surface area contributed by atoms with E-state index in [1.165, 1.54) is 0 Å². The maximum atomic E-state index is 11.5. The predicted octanol–water partition coefficient (Wildman–Crippen LogP) is -12.4. The molecule has 0 heterocycles. The van der Waals surface area contributed by atoms with Gasteiger partial charge in [0.25, 0.3) is 0 Å². The molecule has 132 valence electrons. The summed E-state index contributed by atoms with van der Waals surface area (Å²) >= 11 is 0. The zero-order valence-electron chi connectivity index (χ0n) is 15.7. The van der Waals surface area contributed by atoms with E-state index in [9.17, 15) is 39.6 Å². The van der Waals surface area contributed by atoms with Gasteiger partial charge in [-0.2, -0.15) is 0 Å². The van der Waals surface area contributed by atoms with Gasteiger partial charge in [0.15, 0.2) is 11.7 Å². The van der Waals surface area contributed by atoms with Crippen molar-refractivity contribution in [2.45, 2.75) is 63.6 Å². The molecule has 0 radical (unpaired) electrons. The largest absolute Gasteiger partial charge is 1.00 e. The fourth-order valence-electron chi connectivity index (χ4n) is 1.90. The molecule has 26 heavy (non-hydrogen) atoms. The van der Waals surface area contributed by atoms with Crippen LogP contribution in [0.1, 0.15) is 51.9 Å². The van der Waals surface area contributed by atoms with E-state index in [0.29, 0.717) is 12.8 Å². The monoisotopic (exact) mass is 400 g/mol.